The Balaban J connectivity index is 1.98. The first-order valence-electron chi connectivity index (χ1n) is 8.30. The Kier molecular flexibility index (Phi) is 4.15. The van der Waals surface area contributed by atoms with Gasteiger partial charge in [0.25, 0.3) is 0 Å². The van der Waals surface area contributed by atoms with Gasteiger partial charge in [0.1, 0.15) is 11.2 Å². The van der Waals surface area contributed by atoms with E-state index in [1.807, 2.05) is 0 Å². The number of halogens is 3. The number of sulfone groups is 1. The number of rotatable bonds is 3. The van der Waals surface area contributed by atoms with Crippen LogP contribution < -0.4 is 0 Å². The van der Waals surface area contributed by atoms with Crippen molar-refractivity contribution in [2.45, 2.75) is 18.0 Å². The second-order valence-corrected chi connectivity index (χ2v) is 8.38. The first-order chi connectivity index (χ1) is 13.2. The number of benzene rings is 2. The molecule has 0 unspecified atom stereocenters. The number of para-hydroxylation sites is 1. The highest BCUT2D eigenvalue weighted by molar-refractivity contribution is 7.91. The van der Waals surface area contributed by atoms with E-state index in [1.54, 1.807) is 24.3 Å². The molecule has 4 rings (SSSR count). The first-order valence-corrected chi connectivity index (χ1v) is 9.95. The molecule has 2 aromatic heterocycles. The number of aromatic nitrogens is 2. The molecule has 0 aliphatic carbocycles. The molecular formula is C19H13F3N2O3S. The van der Waals surface area contributed by atoms with Gasteiger partial charge < -0.3 is 4.42 Å². The minimum atomic E-state index is -4.52. The first kappa shape index (κ1) is 18.4. The summed E-state index contributed by atoms with van der Waals surface area (Å²) in [5, 5.41) is 0.619. The second kappa shape index (κ2) is 6.30. The van der Waals surface area contributed by atoms with Gasteiger partial charge in [0.2, 0.25) is 5.89 Å². The zero-order valence-electron chi connectivity index (χ0n) is 14.5. The smallest absolute Gasteiger partial charge is 0.416 e. The number of nitrogens with zero attached hydrogens (tertiary/aromatic N) is 2. The van der Waals surface area contributed by atoms with Gasteiger partial charge >= 0.3 is 6.18 Å². The minimum absolute atomic E-state index is 0.0229. The molecule has 0 bridgehead atoms. The molecule has 0 radical (unpaired) electrons. The van der Waals surface area contributed by atoms with Crippen molar-refractivity contribution < 1.29 is 26.0 Å². The van der Waals surface area contributed by atoms with Crippen LogP contribution in [0.15, 0.2) is 57.8 Å². The quantitative estimate of drug-likeness (QED) is 0.486. The Morgan fingerprint density at radius 1 is 1.00 bits per heavy atom. The van der Waals surface area contributed by atoms with E-state index in [0.717, 1.165) is 18.2 Å². The fraction of sp³-hybridized carbons (Fsp3) is 0.158. The molecule has 0 aliphatic rings. The summed E-state index contributed by atoms with van der Waals surface area (Å²) >= 11 is 0. The maximum atomic E-state index is 12.9. The van der Waals surface area contributed by atoms with Gasteiger partial charge in [-0.05, 0) is 30.3 Å². The summed E-state index contributed by atoms with van der Waals surface area (Å²) in [5.41, 5.74) is -0.291. The Bertz CT molecular complexity index is 1310. The zero-order valence-corrected chi connectivity index (χ0v) is 15.3. The molecule has 0 fully saturated rings. The summed E-state index contributed by atoms with van der Waals surface area (Å²) in [6, 6.07) is 11.3. The molecule has 9 heteroatoms. The van der Waals surface area contributed by atoms with Crippen molar-refractivity contribution in [3.63, 3.8) is 0 Å². The van der Waals surface area contributed by atoms with Crippen LogP contribution in [-0.2, 0) is 16.0 Å². The van der Waals surface area contributed by atoms with E-state index in [1.165, 1.54) is 13.0 Å². The van der Waals surface area contributed by atoms with Gasteiger partial charge in [0, 0.05) is 5.39 Å². The van der Waals surface area contributed by atoms with Crippen molar-refractivity contribution in [3.05, 3.63) is 54.1 Å². The third-order valence-corrected chi connectivity index (χ3v) is 6.06. The fourth-order valence-electron chi connectivity index (χ4n) is 2.85. The van der Waals surface area contributed by atoms with E-state index >= 15 is 0 Å². The number of fused-ring (bicyclic) bond motifs is 2. The molecule has 0 atom stereocenters. The van der Waals surface area contributed by atoms with Gasteiger partial charge in [0.05, 0.1) is 21.7 Å². The second-order valence-electron chi connectivity index (χ2n) is 6.13. The topological polar surface area (TPSA) is 73.1 Å². The van der Waals surface area contributed by atoms with Crippen LogP contribution in [0.25, 0.3) is 33.6 Å². The summed E-state index contributed by atoms with van der Waals surface area (Å²) in [6.45, 7) is 1.50. The fourth-order valence-corrected chi connectivity index (χ4v) is 3.89. The van der Waals surface area contributed by atoms with Crippen LogP contribution in [0, 0.1) is 0 Å². The van der Waals surface area contributed by atoms with E-state index in [-0.39, 0.29) is 33.3 Å². The van der Waals surface area contributed by atoms with Gasteiger partial charge in [-0.15, -0.1) is 0 Å². The molecule has 0 saturated heterocycles. The lowest BCUT2D eigenvalue weighted by Gasteiger charge is -2.08. The van der Waals surface area contributed by atoms with E-state index < -0.39 is 21.6 Å². The molecule has 0 aliphatic heterocycles. The van der Waals surface area contributed by atoms with Gasteiger partial charge in [-0.1, -0.05) is 25.1 Å². The number of oxazole rings is 1. The Labute approximate surface area is 157 Å². The van der Waals surface area contributed by atoms with Crippen LogP contribution in [0.3, 0.4) is 0 Å². The molecule has 28 heavy (non-hydrogen) atoms. The molecule has 144 valence electrons. The molecule has 4 aromatic rings. The highest BCUT2D eigenvalue weighted by atomic mass is 32.2. The van der Waals surface area contributed by atoms with Crippen LogP contribution in [0.1, 0.15) is 12.5 Å². The summed E-state index contributed by atoms with van der Waals surface area (Å²) in [5.74, 6) is -0.314. The van der Waals surface area contributed by atoms with Gasteiger partial charge in [-0.2, -0.15) is 13.2 Å². The SMILES string of the molecule is CCS(=O)(=O)c1cc2ccccc2nc1-c1nc2cc(C(F)(F)F)ccc2o1. The number of alkyl halides is 3. The Morgan fingerprint density at radius 2 is 1.75 bits per heavy atom. The third kappa shape index (κ3) is 3.11. The van der Waals surface area contributed by atoms with Crippen molar-refractivity contribution in [1.82, 2.24) is 9.97 Å². The third-order valence-electron chi connectivity index (χ3n) is 4.32. The largest absolute Gasteiger partial charge is 0.435 e. The lowest BCUT2D eigenvalue weighted by molar-refractivity contribution is -0.137. The van der Waals surface area contributed by atoms with Crippen LogP contribution >= 0.6 is 0 Å². The highest BCUT2D eigenvalue weighted by Gasteiger charge is 2.31. The molecule has 2 aromatic carbocycles. The monoisotopic (exact) mass is 406 g/mol. The van der Waals surface area contributed by atoms with Crippen molar-refractivity contribution in [2.24, 2.45) is 0 Å². The number of hydrogen-bond acceptors (Lipinski definition) is 5. The van der Waals surface area contributed by atoms with Gasteiger partial charge in [0.15, 0.2) is 15.4 Å². The summed E-state index contributed by atoms with van der Waals surface area (Å²) < 4.78 is 69.5. The maximum absolute atomic E-state index is 12.9. The van der Waals surface area contributed by atoms with E-state index in [4.69, 9.17) is 4.42 Å². The number of pyridine rings is 1. The normalized spacial score (nSPS) is 12.7. The Hall–Kier alpha value is -2.94. The maximum Gasteiger partial charge on any atom is 0.416 e. The van der Waals surface area contributed by atoms with E-state index in [9.17, 15) is 21.6 Å². The molecule has 5 nitrogen and oxygen atoms in total. The molecule has 0 N–H and O–H groups in total. The average molecular weight is 406 g/mol. The van der Waals surface area contributed by atoms with Gasteiger partial charge in [-0.25, -0.2) is 18.4 Å². The van der Waals surface area contributed by atoms with Gasteiger partial charge in [-0.3, -0.25) is 0 Å². The molecule has 0 amide bonds. The van der Waals surface area contributed by atoms with Crippen molar-refractivity contribution >= 4 is 31.8 Å². The summed E-state index contributed by atoms with van der Waals surface area (Å²) in [4.78, 5) is 8.37. The minimum Gasteiger partial charge on any atom is -0.435 e. The molecule has 0 spiro atoms. The van der Waals surface area contributed by atoms with E-state index in [2.05, 4.69) is 9.97 Å². The molecule has 0 saturated carbocycles. The average Bonchev–Trinajstić information content (AvgIpc) is 3.09. The molecule has 2 heterocycles. The van der Waals surface area contributed by atoms with Crippen LogP contribution in [0.2, 0.25) is 0 Å². The van der Waals surface area contributed by atoms with Crippen LogP contribution in [0.4, 0.5) is 13.2 Å². The van der Waals surface area contributed by atoms with E-state index in [0.29, 0.717) is 10.9 Å². The molecular weight excluding hydrogens is 393 g/mol. The predicted molar refractivity (Wildman–Crippen MR) is 97.5 cm³/mol. The number of hydrogen-bond donors (Lipinski definition) is 0. The van der Waals surface area contributed by atoms with Crippen LogP contribution in [0.5, 0.6) is 0 Å². The lowest BCUT2D eigenvalue weighted by atomic mass is 10.2. The highest BCUT2D eigenvalue weighted by Crippen LogP contribution is 2.34. The lowest BCUT2D eigenvalue weighted by Crippen LogP contribution is -2.07. The van der Waals surface area contributed by atoms with Crippen LogP contribution in [-0.4, -0.2) is 24.1 Å². The summed E-state index contributed by atoms with van der Waals surface area (Å²) in [7, 11) is -3.68. The Morgan fingerprint density at radius 3 is 2.46 bits per heavy atom. The van der Waals surface area contributed by atoms with Crippen molar-refractivity contribution in [1.29, 1.82) is 0 Å². The van der Waals surface area contributed by atoms with Crippen molar-refractivity contribution in [2.75, 3.05) is 5.75 Å². The predicted octanol–water partition coefficient (Wildman–Crippen LogP) is 4.86. The van der Waals surface area contributed by atoms with Crippen molar-refractivity contribution in [3.8, 4) is 11.6 Å². The standard InChI is InChI=1S/C19H13F3N2O3S/c1-2-28(25,26)16-9-11-5-3-4-6-13(11)23-17(16)18-24-14-10-12(19(20,21)22)7-8-15(14)27-18/h3-10H,2H2,1H3. The summed E-state index contributed by atoms with van der Waals surface area (Å²) in [6.07, 6.45) is -4.52. The zero-order chi connectivity index (χ0) is 20.1.